The number of benzene rings is 1. The van der Waals surface area contributed by atoms with Gasteiger partial charge in [-0.2, -0.15) is 0 Å². The molecule has 0 spiro atoms. The zero-order chi connectivity index (χ0) is 6.81. The van der Waals surface area contributed by atoms with Crippen molar-refractivity contribution in [1.82, 2.24) is 0 Å². The number of para-hydroxylation sites is 1. The average Bonchev–Trinajstić information content (AvgIpc) is 2.05. The Bertz CT molecular complexity index is 278. The van der Waals surface area contributed by atoms with E-state index in [9.17, 15) is 0 Å². The third kappa shape index (κ3) is 3.88. The van der Waals surface area contributed by atoms with E-state index in [0.717, 1.165) is 5.75 Å². The first-order valence-corrected chi connectivity index (χ1v) is 3.35. The molecule has 0 fully saturated rings. The van der Waals surface area contributed by atoms with Crippen LogP contribution in [0.25, 0.3) is 6.08 Å². The molecule has 4 heteroatoms. The van der Waals surface area contributed by atoms with Crippen LogP contribution in [-0.2, 0) is 50.3 Å². The van der Waals surface area contributed by atoms with E-state index in [-0.39, 0.29) is 50.3 Å². The van der Waals surface area contributed by atoms with Crippen molar-refractivity contribution in [3.8, 4) is 5.75 Å². The molecular formula is C9H8CoFeNiO. The molecule has 0 bridgehead atoms. The molecule has 1 aromatic rings. The van der Waals surface area contributed by atoms with Gasteiger partial charge in [-0.3, -0.25) is 0 Å². The van der Waals surface area contributed by atoms with Gasteiger partial charge in [0.05, 0.1) is 0 Å². The van der Waals surface area contributed by atoms with Crippen molar-refractivity contribution in [2.24, 2.45) is 0 Å². The van der Waals surface area contributed by atoms with Crippen LogP contribution in [0.15, 0.2) is 30.3 Å². The summed E-state index contributed by atoms with van der Waals surface area (Å²) in [6, 6.07) is 8.03. The topological polar surface area (TPSA) is 9.23 Å². The van der Waals surface area contributed by atoms with Gasteiger partial charge >= 0.3 is 0 Å². The molecule has 1 aliphatic rings. The summed E-state index contributed by atoms with van der Waals surface area (Å²) < 4.78 is 5.34. The van der Waals surface area contributed by atoms with Gasteiger partial charge in [-0.05, 0) is 12.1 Å². The molecule has 0 amide bonds. The van der Waals surface area contributed by atoms with E-state index < -0.39 is 0 Å². The molecule has 0 unspecified atom stereocenters. The number of ether oxygens (including phenoxy) is 1. The van der Waals surface area contributed by atoms with Crippen LogP contribution < -0.4 is 4.74 Å². The second kappa shape index (κ2) is 7.66. The van der Waals surface area contributed by atoms with Gasteiger partial charge in [0.15, 0.2) is 0 Å². The quantitative estimate of drug-likeness (QED) is 0.667. The van der Waals surface area contributed by atoms with E-state index in [1.165, 1.54) is 5.56 Å². The molecule has 13 heavy (non-hydrogen) atoms. The summed E-state index contributed by atoms with van der Waals surface area (Å²) in [7, 11) is 0. The van der Waals surface area contributed by atoms with Gasteiger partial charge in [-0.1, -0.05) is 24.3 Å². The summed E-state index contributed by atoms with van der Waals surface area (Å²) in [6.07, 6.45) is 4.10. The van der Waals surface area contributed by atoms with Crippen molar-refractivity contribution >= 4 is 6.08 Å². The minimum absolute atomic E-state index is 0. The van der Waals surface area contributed by atoms with Crippen molar-refractivity contribution in [3.63, 3.8) is 0 Å². The number of rotatable bonds is 0. The van der Waals surface area contributed by atoms with E-state index >= 15 is 0 Å². The maximum absolute atomic E-state index is 5.34. The van der Waals surface area contributed by atoms with Gasteiger partial charge in [-0.25, -0.2) is 0 Å². The van der Waals surface area contributed by atoms with Crippen LogP contribution in [-0.4, -0.2) is 6.61 Å². The Hall–Kier alpha value is 0.279. The molecule has 0 aromatic heterocycles. The van der Waals surface area contributed by atoms with Gasteiger partial charge in [0.1, 0.15) is 12.4 Å². The van der Waals surface area contributed by atoms with Crippen LogP contribution in [0.4, 0.5) is 0 Å². The molecular weight excluding hydrogens is 298 g/mol. The van der Waals surface area contributed by atoms with E-state index in [0.29, 0.717) is 6.61 Å². The first kappa shape index (κ1) is 15.7. The summed E-state index contributed by atoms with van der Waals surface area (Å²) in [6.45, 7) is 0.705. The molecule has 2 rings (SSSR count). The van der Waals surface area contributed by atoms with E-state index in [1.807, 2.05) is 30.3 Å². The second-order valence-corrected chi connectivity index (χ2v) is 2.25. The normalized spacial score (nSPS) is 10.8. The Kier molecular flexibility index (Phi) is 9.28. The Morgan fingerprint density at radius 2 is 1.85 bits per heavy atom. The maximum Gasteiger partial charge on any atom is 0.126 e. The molecule has 0 aliphatic carbocycles. The first-order chi connectivity index (χ1) is 4.97. The minimum atomic E-state index is 0. The fraction of sp³-hybridized carbons (Fsp3) is 0.111. The van der Waals surface area contributed by atoms with Crippen LogP contribution in [0.5, 0.6) is 5.75 Å². The summed E-state index contributed by atoms with van der Waals surface area (Å²) >= 11 is 0. The van der Waals surface area contributed by atoms with Crippen LogP contribution in [0.1, 0.15) is 5.56 Å². The standard InChI is InChI=1S/C9H8O.Co.Fe.Ni/c1-2-6-9-8(4-1)5-3-7-10-9;;;/h1-6H,7H2;;;. The fourth-order valence-electron chi connectivity index (χ4n) is 1.06. The maximum atomic E-state index is 5.34. The van der Waals surface area contributed by atoms with Crippen molar-refractivity contribution in [3.05, 3.63) is 35.9 Å². The van der Waals surface area contributed by atoms with Gasteiger partial charge in [0.2, 0.25) is 0 Å². The van der Waals surface area contributed by atoms with E-state index in [1.54, 1.807) is 0 Å². The number of hydrogen-bond acceptors (Lipinski definition) is 1. The smallest absolute Gasteiger partial charge is 0.126 e. The summed E-state index contributed by atoms with van der Waals surface area (Å²) in [5, 5.41) is 0. The largest absolute Gasteiger partial charge is 0.489 e. The number of hydrogen-bond donors (Lipinski definition) is 0. The van der Waals surface area contributed by atoms with Gasteiger partial charge in [-0.15, -0.1) is 0 Å². The Balaban J connectivity index is 0. The van der Waals surface area contributed by atoms with Gasteiger partial charge in [0, 0.05) is 55.9 Å². The molecule has 1 radical (unpaired) electrons. The van der Waals surface area contributed by atoms with Crippen LogP contribution in [0, 0.1) is 0 Å². The van der Waals surface area contributed by atoms with Crippen LogP contribution in [0.2, 0.25) is 0 Å². The molecule has 0 N–H and O–H groups in total. The third-order valence-electron chi connectivity index (χ3n) is 1.55. The van der Waals surface area contributed by atoms with Crippen molar-refractivity contribution in [1.29, 1.82) is 0 Å². The van der Waals surface area contributed by atoms with Gasteiger partial charge < -0.3 is 4.74 Å². The SMILES string of the molecule is C1=Cc2ccccc2OC1.[Co].[Fe].[Ni]. The van der Waals surface area contributed by atoms with Crippen LogP contribution >= 0.6 is 0 Å². The number of fused-ring (bicyclic) bond motifs is 1. The van der Waals surface area contributed by atoms with E-state index in [2.05, 4.69) is 6.08 Å². The molecule has 1 aromatic carbocycles. The summed E-state index contributed by atoms with van der Waals surface area (Å²) in [5.74, 6) is 0.991. The molecule has 0 atom stereocenters. The predicted molar refractivity (Wildman–Crippen MR) is 41.0 cm³/mol. The van der Waals surface area contributed by atoms with Gasteiger partial charge in [0.25, 0.3) is 0 Å². The molecule has 1 heterocycles. The van der Waals surface area contributed by atoms with E-state index in [4.69, 9.17) is 4.74 Å². The zero-order valence-electron chi connectivity index (χ0n) is 6.58. The molecule has 1 nitrogen and oxygen atoms in total. The van der Waals surface area contributed by atoms with Crippen molar-refractivity contribution < 1.29 is 55.1 Å². The Labute approximate surface area is 109 Å². The summed E-state index contributed by atoms with van der Waals surface area (Å²) in [5.41, 5.74) is 1.17. The molecule has 0 saturated carbocycles. The Morgan fingerprint density at radius 1 is 1.15 bits per heavy atom. The van der Waals surface area contributed by atoms with Crippen LogP contribution in [0.3, 0.4) is 0 Å². The minimum Gasteiger partial charge on any atom is -0.489 e. The second-order valence-electron chi connectivity index (χ2n) is 2.25. The van der Waals surface area contributed by atoms with Crippen molar-refractivity contribution in [2.45, 2.75) is 0 Å². The Morgan fingerprint density at radius 3 is 2.54 bits per heavy atom. The molecule has 0 saturated heterocycles. The summed E-state index contributed by atoms with van der Waals surface area (Å²) in [4.78, 5) is 0. The molecule has 1 aliphatic heterocycles. The first-order valence-electron chi connectivity index (χ1n) is 3.35. The fourth-order valence-corrected chi connectivity index (χ4v) is 1.06. The third-order valence-corrected chi connectivity index (χ3v) is 1.55. The van der Waals surface area contributed by atoms with Crippen molar-refractivity contribution in [2.75, 3.05) is 6.61 Å². The monoisotopic (exact) mass is 305 g/mol. The zero-order valence-corrected chi connectivity index (χ0v) is 9.72. The average molecular weight is 306 g/mol. The predicted octanol–water partition coefficient (Wildman–Crippen LogP) is 2.08. The molecule has 77 valence electrons.